The number of benzene rings is 1. The van der Waals surface area contributed by atoms with E-state index in [0.29, 0.717) is 39.1 Å². The molecule has 0 aliphatic carbocycles. The molecule has 128 valence electrons. The molecule has 0 bridgehead atoms. The highest BCUT2D eigenvalue weighted by atomic mass is 35.5. The van der Waals surface area contributed by atoms with E-state index in [0.717, 1.165) is 0 Å². The molecular formula is C15H21ClN2O4S. The molecule has 1 heterocycles. The first-order valence-corrected chi connectivity index (χ1v) is 9.30. The Morgan fingerprint density at radius 3 is 2.61 bits per heavy atom. The summed E-state index contributed by atoms with van der Waals surface area (Å²) in [5, 5.41) is 3.01. The first-order valence-electron chi connectivity index (χ1n) is 7.48. The van der Waals surface area contributed by atoms with Gasteiger partial charge in [0.05, 0.1) is 11.6 Å². The molecule has 1 saturated heterocycles. The summed E-state index contributed by atoms with van der Waals surface area (Å²) in [6.45, 7) is 1.56. The lowest BCUT2D eigenvalue weighted by Crippen LogP contribution is -2.43. The molecule has 0 atom stereocenters. The molecule has 1 aromatic carbocycles. The minimum absolute atomic E-state index is 0.0446. The van der Waals surface area contributed by atoms with E-state index < -0.39 is 10.0 Å². The van der Waals surface area contributed by atoms with Crippen LogP contribution in [-0.2, 0) is 19.6 Å². The van der Waals surface area contributed by atoms with Crippen molar-refractivity contribution in [3.63, 3.8) is 0 Å². The van der Waals surface area contributed by atoms with Gasteiger partial charge >= 0.3 is 0 Å². The summed E-state index contributed by atoms with van der Waals surface area (Å²) < 4.78 is 31.5. The second-order valence-corrected chi connectivity index (χ2v) is 7.71. The van der Waals surface area contributed by atoms with Crippen LogP contribution in [0.25, 0.3) is 0 Å². The number of carbonyl (C=O) groups excluding carboxylic acids is 1. The summed E-state index contributed by atoms with van der Waals surface area (Å²) in [5.74, 6) is -0.207. The van der Waals surface area contributed by atoms with E-state index in [-0.39, 0.29) is 21.7 Å². The molecule has 1 aromatic rings. The maximum atomic E-state index is 12.6. The van der Waals surface area contributed by atoms with Crippen molar-refractivity contribution in [3.05, 3.63) is 29.3 Å². The maximum Gasteiger partial charge on any atom is 0.244 e. The number of hydrogen-bond donors (Lipinski definition) is 1. The predicted molar refractivity (Wildman–Crippen MR) is 87.8 cm³/mol. The predicted octanol–water partition coefficient (Wildman–Crippen LogP) is 1.50. The number of nitrogens with zero attached hydrogens (tertiary/aromatic N) is 1. The summed E-state index contributed by atoms with van der Waals surface area (Å²) in [6.07, 6.45) is 1.00. The molecule has 0 aromatic heterocycles. The van der Waals surface area contributed by atoms with Crippen LogP contribution in [0.2, 0.25) is 5.02 Å². The van der Waals surface area contributed by atoms with E-state index in [1.165, 1.54) is 10.4 Å². The molecule has 0 radical (unpaired) electrons. The second-order valence-electron chi connectivity index (χ2n) is 5.39. The maximum absolute atomic E-state index is 12.6. The monoisotopic (exact) mass is 360 g/mol. The van der Waals surface area contributed by atoms with Gasteiger partial charge in [0, 0.05) is 32.7 Å². The minimum atomic E-state index is -3.61. The Morgan fingerprint density at radius 1 is 1.35 bits per heavy atom. The van der Waals surface area contributed by atoms with E-state index in [4.69, 9.17) is 16.3 Å². The average Bonchev–Trinajstić information content (AvgIpc) is 2.55. The van der Waals surface area contributed by atoms with E-state index in [1.807, 2.05) is 0 Å². The van der Waals surface area contributed by atoms with Crippen LogP contribution < -0.4 is 5.32 Å². The van der Waals surface area contributed by atoms with Gasteiger partial charge in [-0.3, -0.25) is 4.79 Å². The molecule has 1 N–H and O–H groups in total. The van der Waals surface area contributed by atoms with Gasteiger partial charge in [-0.2, -0.15) is 4.31 Å². The number of amides is 1. The van der Waals surface area contributed by atoms with E-state index in [9.17, 15) is 13.2 Å². The number of rotatable bonds is 6. The van der Waals surface area contributed by atoms with Crippen molar-refractivity contribution >= 4 is 27.5 Å². The minimum Gasteiger partial charge on any atom is -0.383 e. The Morgan fingerprint density at radius 2 is 2.00 bits per heavy atom. The van der Waals surface area contributed by atoms with Crippen molar-refractivity contribution < 1.29 is 17.9 Å². The van der Waals surface area contributed by atoms with Crippen molar-refractivity contribution in [1.82, 2.24) is 9.62 Å². The van der Waals surface area contributed by atoms with Crippen LogP contribution in [0, 0.1) is 5.92 Å². The van der Waals surface area contributed by atoms with E-state index >= 15 is 0 Å². The number of piperidine rings is 1. The number of carbonyl (C=O) groups is 1. The summed E-state index contributed by atoms with van der Waals surface area (Å²) in [7, 11) is -2.04. The molecule has 1 fully saturated rings. The molecule has 0 unspecified atom stereocenters. The van der Waals surface area contributed by atoms with Gasteiger partial charge in [-0.1, -0.05) is 23.7 Å². The lowest BCUT2D eigenvalue weighted by atomic mass is 9.97. The normalized spacial score (nSPS) is 17.1. The zero-order valence-corrected chi connectivity index (χ0v) is 14.6. The molecule has 8 heteroatoms. The van der Waals surface area contributed by atoms with E-state index in [1.54, 1.807) is 25.3 Å². The van der Waals surface area contributed by atoms with Gasteiger partial charge < -0.3 is 10.1 Å². The van der Waals surface area contributed by atoms with Crippen LogP contribution in [0.1, 0.15) is 12.8 Å². The highest BCUT2D eigenvalue weighted by Crippen LogP contribution is 2.28. The van der Waals surface area contributed by atoms with Crippen LogP contribution >= 0.6 is 11.6 Å². The van der Waals surface area contributed by atoms with Gasteiger partial charge in [0.2, 0.25) is 15.9 Å². The fraction of sp³-hybridized carbons (Fsp3) is 0.533. The molecule has 1 amide bonds. The molecule has 0 spiro atoms. The quantitative estimate of drug-likeness (QED) is 0.780. The van der Waals surface area contributed by atoms with Crippen LogP contribution in [0.5, 0.6) is 0 Å². The third-order valence-electron chi connectivity index (χ3n) is 3.88. The standard InChI is InChI=1S/C15H21ClN2O4S/c1-22-11-8-17-15(19)12-6-9-18(10-7-12)23(20,21)14-5-3-2-4-13(14)16/h2-5,12H,6-11H2,1H3,(H,17,19). The largest absolute Gasteiger partial charge is 0.383 e. The highest BCUT2D eigenvalue weighted by molar-refractivity contribution is 7.89. The molecule has 1 aliphatic rings. The first kappa shape index (κ1) is 18.2. The van der Waals surface area contributed by atoms with Crippen molar-refractivity contribution in [1.29, 1.82) is 0 Å². The molecular weight excluding hydrogens is 340 g/mol. The molecule has 0 saturated carbocycles. The fourth-order valence-corrected chi connectivity index (χ4v) is 4.53. The van der Waals surface area contributed by atoms with Crippen LogP contribution in [0.15, 0.2) is 29.2 Å². The number of hydrogen-bond acceptors (Lipinski definition) is 4. The molecule has 23 heavy (non-hydrogen) atoms. The van der Waals surface area contributed by atoms with Crippen LogP contribution in [0.3, 0.4) is 0 Å². The van der Waals surface area contributed by atoms with Crippen molar-refractivity contribution in [3.8, 4) is 0 Å². The number of methoxy groups -OCH3 is 1. The smallest absolute Gasteiger partial charge is 0.244 e. The van der Waals surface area contributed by atoms with Gasteiger partial charge in [0.25, 0.3) is 0 Å². The summed E-state index contributed by atoms with van der Waals surface area (Å²) in [5.41, 5.74) is 0. The number of halogens is 1. The first-order chi connectivity index (χ1) is 11.0. The third-order valence-corrected chi connectivity index (χ3v) is 6.28. The summed E-state index contributed by atoms with van der Waals surface area (Å²) >= 11 is 6.00. The molecule has 6 nitrogen and oxygen atoms in total. The Balaban J connectivity index is 1.96. The van der Waals surface area contributed by atoms with Gasteiger partial charge in [0.1, 0.15) is 4.90 Å². The summed E-state index contributed by atoms with van der Waals surface area (Å²) in [4.78, 5) is 12.1. The molecule has 1 aliphatic heterocycles. The van der Waals surface area contributed by atoms with Gasteiger partial charge in [-0.25, -0.2) is 8.42 Å². The summed E-state index contributed by atoms with van der Waals surface area (Å²) in [6, 6.07) is 6.40. The Kier molecular flexibility index (Phi) is 6.41. The number of ether oxygens (including phenoxy) is 1. The Hall–Kier alpha value is -1.15. The Labute approximate surface area is 141 Å². The number of sulfonamides is 1. The van der Waals surface area contributed by atoms with Crippen LogP contribution in [0.4, 0.5) is 0 Å². The second kappa shape index (κ2) is 8.10. The van der Waals surface area contributed by atoms with Crippen molar-refractivity contribution in [2.24, 2.45) is 5.92 Å². The topological polar surface area (TPSA) is 75.7 Å². The molecule has 2 rings (SSSR count). The SMILES string of the molecule is COCCNC(=O)C1CCN(S(=O)(=O)c2ccccc2Cl)CC1. The van der Waals surface area contributed by atoms with Gasteiger partial charge in [-0.15, -0.1) is 0 Å². The highest BCUT2D eigenvalue weighted by Gasteiger charge is 2.32. The van der Waals surface area contributed by atoms with Gasteiger partial charge in [-0.05, 0) is 25.0 Å². The average molecular weight is 361 g/mol. The van der Waals surface area contributed by atoms with Crippen molar-refractivity contribution in [2.75, 3.05) is 33.4 Å². The third kappa shape index (κ3) is 4.44. The number of nitrogens with one attached hydrogen (secondary N) is 1. The Bertz CT molecular complexity index is 643. The van der Waals surface area contributed by atoms with Gasteiger partial charge in [0.15, 0.2) is 0 Å². The zero-order valence-electron chi connectivity index (χ0n) is 13.0. The lowest BCUT2D eigenvalue weighted by molar-refractivity contribution is -0.126. The lowest BCUT2D eigenvalue weighted by Gasteiger charge is -2.30. The van der Waals surface area contributed by atoms with Crippen molar-refractivity contribution in [2.45, 2.75) is 17.7 Å². The van der Waals surface area contributed by atoms with E-state index in [2.05, 4.69) is 5.32 Å². The van der Waals surface area contributed by atoms with Crippen LogP contribution in [-0.4, -0.2) is 52.0 Å². The fourth-order valence-electron chi connectivity index (χ4n) is 2.57. The zero-order chi connectivity index (χ0) is 16.9.